The fourth-order valence-electron chi connectivity index (χ4n) is 4.63. The van der Waals surface area contributed by atoms with Crippen molar-refractivity contribution in [3.05, 3.63) is 83.7 Å². The van der Waals surface area contributed by atoms with E-state index in [0.717, 1.165) is 40.9 Å². The van der Waals surface area contributed by atoms with Crippen LogP contribution in [0.1, 0.15) is 37.5 Å². The first kappa shape index (κ1) is 24.8. The van der Waals surface area contributed by atoms with Gasteiger partial charge in [0.1, 0.15) is 11.2 Å². The Morgan fingerprint density at radius 3 is 2.71 bits per heavy atom. The van der Waals surface area contributed by atoms with Gasteiger partial charge >= 0.3 is 12.1 Å². The Bertz CT molecular complexity index is 1580. The molecule has 3 heterocycles. The van der Waals surface area contributed by atoms with Crippen molar-refractivity contribution in [1.29, 1.82) is 5.26 Å². The van der Waals surface area contributed by atoms with Crippen molar-refractivity contribution in [2.45, 2.75) is 39.3 Å². The fourth-order valence-corrected chi connectivity index (χ4v) is 4.63. The number of nitriles is 1. The number of rotatable bonds is 4. The second kappa shape index (κ2) is 9.90. The van der Waals surface area contributed by atoms with E-state index in [1.807, 2.05) is 51.1 Å². The zero-order valence-corrected chi connectivity index (χ0v) is 21.5. The molecule has 2 aromatic heterocycles. The molecule has 4 aromatic rings. The van der Waals surface area contributed by atoms with Gasteiger partial charge in [0.2, 0.25) is 0 Å². The average Bonchev–Trinajstić information content (AvgIpc) is 3.49. The molecule has 0 aliphatic carbocycles. The normalized spacial score (nSPS) is 12.6. The van der Waals surface area contributed by atoms with E-state index in [9.17, 15) is 9.59 Å². The predicted octanol–water partition coefficient (Wildman–Crippen LogP) is 5.90. The quantitative estimate of drug-likeness (QED) is 0.355. The van der Waals surface area contributed by atoms with E-state index in [1.165, 1.54) is 4.57 Å². The van der Waals surface area contributed by atoms with E-state index in [4.69, 9.17) is 10.00 Å². The Balaban J connectivity index is 1.33. The maximum Gasteiger partial charge on any atom is 0.420 e. The van der Waals surface area contributed by atoms with Gasteiger partial charge in [0.15, 0.2) is 0 Å². The van der Waals surface area contributed by atoms with E-state index in [2.05, 4.69) is 26.6 Å². The first-order chi connectivity index (χ1) is 18.2. The molecule has 0 saturated carbocycles. The molecule has 0 radical (unpaired) electrons. The average molecular weight is 509 g/mol. The van der Waals surface area contributed by atoms with Gasteiger partial charge in [-0.2, -0.15) is 5.26 Å². The number of nitrogens with zero attached hydrogens (tertiary/aromatic N) is 4. The minimum absolute atomic E-state index is 0.369. The molecule has 38 heavy (non-hydrogen) atoms. The van der Waals surface area contributed by atoms with Crippen LogP contribution in [-0.4, -0.2) is 33.8 Å². The minimum atomic E-state index is -0.603. The molecular formula is C29H28N6O3. The molecule has 2 amide bonds. The molecule has 192 valence electrons. The summed E-state index contributed by atoms with van der Waals surface area (Å²) in [5, 5.41) is 15.7. The molecule has 0 unspecified atom stereocenters. The number of nitrogens with one attached hydrogen (secondary N) is 2. The molecule has 9 nitrogen and oxygen atoms in total. The van der Waals surface area contributed by atoms with Crippen LogP contribution in [0.15, 0.2) is 67.0 Å². The van der Waals surface area contributed by atoms with Gasteiger partial charge in [-0.1, -0.05) is 12.1 Å². The molecule has 0 fully saturated rings. The third-order valence-electron chi connectivity index (χ3n) is 6.25. The Morgan fingerprint density at radius 2 is 1.92 bits per heavy atom. The SMILES string of the molecule is CC(C)(C)OC(=O)n1ccc2c(CN3CCc4c(NC(=O)Nc5cccc(C#N)c5)cccc43)ccnc21. The van der Waals surface area contributed by atoms with Crippen LogP contribution in [0.25, 0.3) is 11.0 Å². The number of benzene rings is 2. The van der Waals surface area contributed by atoms with Crippen LogP contribution in [-0.2, 0) is 17.7 Å². The van der Waals surface area contributed by atoms with Gasteiger partial charge in [0.05, 0.1) is 11.6 Å². The van der Waals surface area contributed by atoms with Crippen molar-refractivity contribution < 1.29 is 14.3 Å². The molecule has 2 aromatic carbocycles. The van der Waals surface area contributed by atoms with Crippen LogP contribution in [0.4, 0.5) is 26.7 Å². The second-order valence-electron chi connectivity index (χ2n) is 10.1. The first-order valence-corrected chi connectivity index (χ1v) is 12.3. The number of carbonyl (C=O) groups excluding carboxylic acids is 2. The highest BCUT2D eigenvalue weighted by Crippen LogP contribution is 2.35. The Morgan fingerprint density at radius 1 is 1.11 bits per heavy atom. The molecule has 0 bridgehead atoms. The van der Waals surface area contributed by atoms with Gasteiger partial charge in [-0.05, 0) is 75.2 Å². The zero-order chi connectivity index (χ0) is 26.9. The zero-order valence-electron chi connectivity index (χ0n) is 21.5. The number of hydrogen-bond donors (Lipinski definition) is 2. The number of ether oxygens (including phenoxy) is 1. The lowest BCUT2D eigenvalue weighted by Crippen LogP contribution is -2.27. The number of hydrogen-bond acceptors (Lipinski definition) is 6. The number of amides is 2. The molecule has 0 saturated heterocycles. The summed E-state index contributed by atoms with van der Waals surface area (Å²) in [6.07, 6.45) is 3.72. The third-order valence-corrected chi connectivity index (χ3v) is 6.25. The van der Waals surface area contributed by atoms with Crippen LogP contribution in [0.2, 0.25) is 0 Å². The van der Waals surface area contributed by atoms with Crippen LogP contribution in [0, 0.1) is 11.3 Å². The van der Waals surface area contributed by atoms with Crippen molar-refractivity contribution in [3.8, 4) is 6.07 Å². The summed E-state index contributed by atoms with van der Waals surface area (Å²) in [4.78, 5) is 32.0. The van der Waals surface area contributed by atoms with Crippen LogP contribution < -0.4 is 15.5 Å². The van der Waals surface area contributed by atoms with Crippen molar-refractivity contribution in [1.82, 2.24) is 9.55 Å². The van der Waals surface area contributed by atoms with Gasteiger partial charge in [-0.15, -0.1) is 0 Å². The molecule has 2 N–H and O–H groups in total. The van der Waals surface area contributed by atoms with Gasteiger partial charge in [-0.25, -0.2) is 19.1 Å². The lowest BCUT2D eigenvalue weighted by atomic mass is 10.1. The van der Waals surface area contributed by atoms with Crippen molar-refractivity contribution in [2.75, 3.05) is 22.1 Å². The Hall–Kier alpha value is -4.84. The monoisotopic (exact) mass is 508 g/mol. The topological polar surface area (TPSA) is 112 Å². The van der Waals surface area contributed by atoms with E-state index in [1.54, 1.807) is 36.7 Å². The van der Waals surface area contributed by atoms with Crippen LogP contribution in [0.3, 0.4) is 0 Å². The van der Waals surface area contributed by atoms with E-state index >= 15 is 0 Å². The minimum Gasteiger partial charge on any atom is -0.443 e. The smallest absolute Gasteiger partial charge is 0.420 e. The number of pyridine rings is 1. The molecule has 1 aliphatic rings. The van der Waals surface area contributed by atoms with Crippen LogP contribution in [0.5, 0.6) is 0 Å². The highest BCUT2D eigenvalue weighted by atomic mass is 16.6. The number of urea groups is 1. The van der Waals surface area contributed by atoms with Gasteiger partial charge in [0, 0.05) is 53.5 Å². The fraction of sp³-hybridized carbons (Fsp3) is 0.241. The summed E-state index contributed by atoms with van der Waals surface area (Å²) in [7, 11) is 0. The second-order valence-corrected chi connectivity index (χ2v) is 10.1. The molecule has 1 aliphatic heterocycles. The van der Waals surface area contributed by atoms with Crippen molar-refractivity contribution in [3.63, 3.8) is 0 Å². The summed E-state index contributed by atoms with van der Waals surface area (Å²) in [5.41, 5.74) is 4.88. The molecule has 0 spiro atoms. The summed E-state index contributed by atoms with van der Waals surface area (Å²) in [6.45, 7) is 6.91. The van der Waals surface area contributed by atoms with Gasteiger partial charge in [0.25, 0.3) is 0 Å². The number of fused-ring (bicyclic) bond motifs is 2. The van der Waals surface area contributed by atoms with Gasteiger partial charge in [-0.3, -0.25) is 0 Å². The molecule has 5 rings (SSSR count). The largest absolute Gasteiger partial charge is 0.443 e. The van der Waals surface area contributed by atoms with Crippen LogP contribution >= 0.6 is 0 Å². The van der Waals surface area contributed by atoms with E-state index < -0.39 is 11.7 Å². The standard InChI is InChI=1S/C29H28N6O3/c1-29(2,3)38-28(37)35-15-12-22-20(10-13-31-26(22)35)18-34-14-11-23-24(8-5-9-25(23)34)33-27(36)32-21-7-4-6-19(16-21)17-30/h4-10,12-13,15-16H,11,14,18H2,1-3H3,(H2,32,33,36). The number of carbonyl (C=O) groups is 2. The van der Waals surface area contributed by atoms with E-state index in [0.29, 0.717) is 23.4 Å². The highest BCUT2D eigenvalue weighted by molar-refractivity contribution is 6.01. The first-order valence-electron chi connectivity index (χ1n) is 12.3. The number of anilines is 3. The van der Waals surface area contributed by atoms with E-state index in [-0.39, 0.29) is 6.03 Å². The third kappa shape index (κ3) is 5.15. The van der Waals surface area contributed by atoms with Crippen molar-refractivity contribution >= 4 is 40.2 Å². The maximum atomic E-state index is 12.7. The lowest BCUT2D eigenvalue weighted by Gasteiger charge is -2.21. The Kier molecular flexibility index (Phi) is 6.47. The Labute approximate surface area is 220 Å². The molecule has 0 atom stereocenters. The molecule has 9 heteroatoms. The predicted molar refractivity (Wildman–Crippen MR) is 146 cm³/mol. The van der Waals surface area contributed by atoms with Crippen molar-refractivity contribution in [2.24, 2.45) is 0 Å². The summed E-state index contributed by atoms with van der Waals surface area (Å²) in [5.74, 6) is 0. The van der Waals surface area contributed by atoms with Gasteiger partial charge < -0.3 is 20.3 Å². The maximum absolute atomic E-state index is 12.7. The summed E-state index contributed by atoms with van der Waals surface area (Å²) >= 11 is 0. The summed E-state index contributed by atoms with van der Waals surface area (Å²) in [6, 6.07) is 18.2. The molecular weight excluding hydrogens is 480 g/mol. The number of aromatic nitrogens is 2. The highest BCUT2D eigenvalue weighted by Gasteiger charge is 2.24. The summed E-state index contributed by atoms with van der Waals surface area (Å²) < 4.78 is 6.96. The lowest BCUT2D eigenvalue weighted by molar-refractivity contribution is 0.0543.